The van der Waals surface area contributed by atoms with Gasteiger partial charge < -0.3 is 9.84 Å². The number of amides is 1. The Labute approximate surface area is 93.3 Å². The Hall–Kier alpha value is -2.10. The first-order chi connectivity index (χ1) is 7.74. The first-order valence-corrected chi connectivity index (χ1v) is 5.00. The summed E-state index contributed by atoms with van der Waals surface area (Å²) in [4.78, 5) is 11.6. The monoisotopic (exact) mass is 216 g/mol. The van der Waals surface area contributed by atoms with Gasteiger partial charge in [-0.05, 0) is 19.1 Å². The topological polar surface area (TPSA) is 55.1 Å². The van der Waals surface area contributed by atoms with Crippen molar-refractivity contribution in [3.8, 4) is 0 Å². The van der Waals surface area contributed by atoms with Crippen LogP contribution in [0.4, 0.5) is 5.69 Å². The molecule has 1 aromatic carbocycles. The number of carbonyl (C=O) groups excluding carboxylic acids is 1. The number of anilines is 1. The number of benzene rings is 1. The molecule has 0 aliphatic heterocycles. The molecule has 4 heteroatoms. The van der Waals surface area contributed by atoms with Crippen molar-refractivity contribution in [1.29, 1.82) is 0 Å². The van der Waals surface area contributed by atoms with Crippen molar-refractivity contribution in [2.24, 2.45) is 0 Å². The minimum Gasteiger partial charge on any atom is -0.364 e. The van der Waals surface area contributed by atoms with Crippen molar-refractivity contribution in [2.45, 2.75) is 13.3 Å². The molecule has 4 nitrogen and oxygen atoms in total. The van der Waals surface area contributed by atoms with Crippen LogP contribution >= 0.6 is 0 Å². The van der Waals surface area contributed by atoms with Gasteiger partial charge in [-0.15, -0.1) is 0 Å². The van der Waals surface area contributed by atoms with Crippen LogP contribution in [0.15, 0.2) is 41.1 Å². The van der Waals surface area contributed by atoms with E-state index in [2.05, 4.69) is 15.0 Å². The predicted molar refractivity (Wildman–Crippen MR) is 60.0 cm³/mol. The molecule has 16 heavy (non-hydrogen) atoms. The fraction of sp³-hybridized carbons (Fsp3) is 0.167. The van der Waals surface area contributed by atoms with E-state index in [4.69, 9.17) is 0 Å². The lowest BCUT2D eigenvalue weighted by Gasteiger charge is -2.03. The summed E-state index contributed by atoms with van der Waals surface area (Å²) in [6, 6.07) is 9.32. The van der Waals surface area contributed by atoms with Gasteiger partial charge in [-0.1, -0.05) is 22.9 Å². The summed E-state index contributed by atoms with van der Waals surface area (Å²) in [5.74, 6) is -0.0993. The molecule has 1 aromatic heterocycles. The van der Waals surface area contributed by atoms with Gasteiger partial charge >= 0.3 is 0 Å². The molecular weight excluding hydrogens is 204 g/mol. The van der Waals surface area contributed by atoms with E-state index in [9.17, 15) is 4.79 Å². The fourth-order valence-electron chi connectivity index (χ4n) is 1.34. The Bertz CT molecular complexity index is 460. The minimum absolute atomic E-state index is 0.0993. The molecule has 0 radical (unpaired) electrons. The molecule has 0 bridgehead atoms. The predicted octanol–water partition coefficient (Wildman–Crippen LogP) is 2.16. The van der Waals surface area contributed by atoms with Crippen LogP contribution in [0.5, 0.6) is 0 Å². The van der Waals surface area contributed by atoms with Crippen LogP contribution in [-0.2, 0) is 11.2 Å². The molecular formula is C12H12N2O2. The minimum atomic E-state index is -0.0993. The quantitative estimate of drug-likeness (QED) is 0.855. The van der Waals surface area contributed by atoms with E-state index in [1.165, 1.54) is 6.26 Å². The van der Waals surface area contributed by atoms with E-state index in [-0.39, 0.29) is 12.3 Å². The summed E-state index contributed by atoms with van der Waals surface area (Å²) in [7, 11) is 0. The van der Waals surface area contributed by atoms with E-state index in [0.717, 1.165) is 11.3 Å². The second-order valence-electron chi connectivity index (χ2n) is 3.58. The summed E-state index contributed by atoms with van der Waals surface area (Å²) in [6.45, 7) is 2.00. The standard InChI is InChI=1S/C12H12N2O2/c1-9-2-4-10(5-3-9)13-12(15)8-11-6-7-16-14-11/h2-7H,8H2,1H3,(H,13,15). The van der Waals surface area contributed by atoms with Gasteiger partial charge in [-0.2, -0.15) is 0 Å². The lowest BCUT2D eigenvalue weighted by molar-refractivity contribution is -0.115. The van der Waals surface area contributed by atoms with Gasteiger partial charge in [0.1, 0.15) is 6.26 Å². The number of aryl methyl sites for hydroxylation is 1. The molecule has 82 valence electrons. The van der Waals surface area contributed by atoms with Gasteiger partial charge in [-0.25, -0.2) is 0 Å². The summed E-state index contributed by atoms with van der Waals surface area (Å²) in [6.07, 6.45) is 1.68. The lowest BCUT2D eigenvalue weighted by Crippen LogP contribution is -2.14. The van der Waals surface area contributed by atoms with Crippen molar-refractivity contribution < 1.29 is 9.32 Å². The van der Waals surface area contributed by atoms with Crippen molar-refractivity contribution in [3.05, 3.63) is 47.9 Å². The third-order valence-corrected chi connectivity index (χ3v) is 2.17. The molecule has 0 fully saturated rings. The summed E-state index contributed by atoms with van der Waals surface area (Å²) < 4.78 is 4.65. The maximum absolute atomic E-state index is 11.6. The molecule has 1 N–H and O–H groups in total. The number of carbonyl (C=O) groups is 1. The second kappa shape index (κ2) is 4.61. The zero-order valence-electron chi connectivity index (χ0n) is 8.93. The summed E-state index contributed by atoms with van der Waals surface area (Å²) in [5.41, 5.74) is 2.58. The molecule has 2 rings (SSSR count). The van der Waals surface area contributed by atoms with Crippen molar-refractivity contribution in [3.63, 3.8) is 0 Å². The Morgan fingerprint density at radius 2 is 2.06 bits per heavy atom. The smallest absolute Gasteiger partial charge is 0.230 e. The van der Waals surface area contributed by atoms with Gasteiger partial charge in [-0.3, -0.25) is 4.79 Å². The first kappa shape index (κ1) is 10.4. The summed E-state index contributed by atoms with van der Waals surface area (Å²) in [5, 5.41) is 6.46. The zero-order chi connectivity index (χ0) is 11.4. The largest absolute Gasteiger partial charge is 0.364 e. The summed E-state index contributed by atoms with van der Waals surface area (Å²) >= 11 is 0. The van der Waals surface area contributed by atoms with E-state index >= 15 is 0 Å². The van der Waals surface area contributed by atoms with Gasteiger partial charge in [0.2, 0.25) is 5.91 Å². The van der Waals surface area contributed by atoms with Crippen LogP contribution in [0, 0.1) is 6.92 Å². The zero-order valence-corrected chi connectivity index (χ0v) is 8.93. The molecule has 1 amide bonds. The third-order valence-electron chi connectivity index (χ3n) is 2.17. The van der Waals surface area contributed by atoms with Gasteiger partial charge in [0.15, 0.2) is 0 Å². The Balaban J connectivity index is 1.95. The Kier molecular flexibility index (Phi) is 3.00. The van der Waals surface area contributed by atoms with Crippen LogP contribution in [0.2, 0.25) is 0 Å². The fourth-order valence-corrected chi connectivity index (χ4v) is 1.34. The van der Waals surface area contributed by atoms with Crippen molar-refractivity contribution in [2.75, 3.05) is 5.32 Å². The Morgan fingerprint density at radius 3 is 2.69 bits per heavy atom. The van der Waals surface area contributed by atoms with Gasteiger partial charge in [0, 0.05) is 11.8 Å². The van der Waals surface area contributed by atoms with E-state index in [1.54, 1.807) is 6.07 Å². The molecule has 0 aliphatic carbocycles. The van der Waals surface area contributed by atoms with Gasteiger partial charge in [0.25, 0.3) is 0 Å². The second-order valence-corrected chi connectivity index (χ2v) is 3.58. The van der Waals surface area contributed by atoms with Crippen molar-refractivity contribution in [1.82, 2.24) is 5.16 Å². The normalized spacial score (nSPS) is 10.1. The van der Waals surface area contributed by atoms with E-state index in [1.807, 2.05) is 31.2 Å². The number of hydrogen-bond acceptors (Lipinski definition) is 3. The first-order valence-electron chi connectivity index (χ1n) is 5.00. The third kappa shape index (κ3) is 2.70. The van der Waals surface area contributed by atoms with Crippen LogP contribution in [0.3, 0.4) is 0 Å². The average Bonchev–Trinajstić information content (AvgIpc) is 2.74. The number of nitrogens with one attached hydrogen (secondary N) is 1. The number of hydrogen-bond donors (Lipinski definition) is 1. The highest BCUT2D eigenvalue weighted by molar-refractivity contribution is 5.91. The van der Waals surface area contributed by atoms with Gasteiger partial charge in [0.05, 0.1) is 12.1 Å². The highest BCUT2D eigenvalue weighted by atomic mass is 16.5. The molecule has 1 heterocycles. The molecule has 0 saturated heterocycles. The maximum atomic E-state index is 11.6. The van der Waals surface area contributed by atoms with Crippen LogP contribution in [-0.4, -0.2) is 11.1 Å². The average molecular weight is 216 g/mol. The maximum Gasteiger partial charge on any atom is 0.230 e. The molecule has 0 saturated carbocycles. The molecule has 0 unspecified atom stereocenters. The lowest BCUT2D eigenvalue weighted by atomic mass is 10.2. The van der Waals surface area contributed by atoms with E-state index in [0.29, 0.717) is 5.69 Å². The molecule has 0 spiro atoms. The number of nitrogens with zero attached hydrogens (tertiary/aromatic N) is 1. The van der Waals surface area contributed by atoms with Crippen LogP contribution in [0.1, 0.15) is 11.3 Å². The Morgan fingerprint density at radius 1 is 1.31 bits per heavy atom. The number of rotatable bonds is 3. The van der Waals surface area contributed by atoms with Crippen LogP contribution < -0.4 is 5.32 Å². The van der Waals surface area contributed by atoms with Crippen molar-refractivity contribution >= 4 is 11.6 Å². The molecule has 0 atom stereocenters. The van der Waals surface area contributed by atoms with Crippen LogP contribution in [0.25, 0.3) is 0 Å². The highest BCUT2D eigenvalue weighted by Crippen LogP contribution is 2.09. The SMILES string of the molecule is Cc1ccc(NC(=O)Cc2ccon2)cc1. The number of aromatic nitrogens is 1. The van der Waals surface area contributed by atoms with E-state index < -0.39 is 0 Å². The molecule has 0 aliphatic rings. The highest BCUT2D eigenvalue weighted by Gasteiger charge is 2.05. The molecule has 2 aromatic rings.